The first-order chi connectivity index (χ1) is 7.88. The van der Waals surface area contributed by atoms with Gasteiger partial charge in [0.05, 0.1) is 18.1 Å². The average molecular weight is 285 g/mol. The third-order valence-corrected chi connectivity index (χ3v) is 3.50. The Morgan fingerprint density at radius 1 is 1.47 bits per heavy atom. The lowest BCUT2D eigenvalue weighted by molar-refractivity contribution is -0.161. The first-order valence-corrected chi connectivity index (χ1v) is 6.31. The summed E-state index contributed by atoms with van der Waals surface area (Å²) >= 11 is 12.2. The molecule has 0 amide bonds. The van der Waals surface area contributed by atoms with Crippen LogP contribution in [0.5, 0.6) is 0 Å². The van der Waals surface area contributed by atoms with E-state index in [0.29, 0.717) is 6.42 Å². The number of carbonyl (C=O) groups excluding carboxylic acids is 1. The molecule has 1 aliphatic heterocycles. The van der Waals surface area contributed by atoms with E-state index in [1.165, 1.54) is 0 Å². The predicted molar refractivity (Wildman–Crippen MR) is 65.4 cm³/mol. The fourth-order valence-corrected chi connectivity index (χ4v) is 2.75. The molecular formula is C11H18Cl2O4. The molecule has 3 atom stereocenters. The topological polar surface area (TPSA) is 44.8 Å². The molecule has 0 N–H and O–H groups in total. The second-order valence-corrected chi connectivity index (χ2v) is 5.90. The number of cyclic esters (lactones) is 1. The number of carbonyl (C=O) groups is 1. The minimum absolute atomic E-state index is 0.151. The number of hydrogen-bond donors (Lipinski definition) is 0. The van der Waals surface area contributed by atoms with Crippen molar-refractivity contribution in [1.29, 1.82) is 0 Å². The van der Waals surface area contributed by atoms with Crippen molar-refractivity contribution in [3.05, 3.63) is 0 Å². The Morgan fingerprint density at radius 3 is 2.71 bits per heavy atom. The van der Waals surface area contributed by atoms with Gasteiger partial charge in [-0.05, 0) is 6.42 Å². The lowest BCUT2D eigenvalue weighted by Crippen LogP contribution is -2.47. The number of methoxy groups -OCH3 is 1. The molecule has 0 unspecified atom stereocenters. The van der Waals surface area contributed by atoms with Crippen LogP contribution in [0.3, 0.4) is 0 Å². The molecule has 4 nitrogen and oxygen atoms in total. The van der Waals surface area contributed by atoms with Gasteiger partial charge in [0.2, 0.25) is 0 Å². The van der Waals surface area contributed by atoms with Crippen LogP contribution in [-0.2, 0) is 19.0 Å². The molecule has 6 heteroatoms. The van der Waals surface area contributed by atoms with E-state index >= 15 is 0 Å². The molecule has 1 heterocycles. The van der Waals surface area contributed by atoms with Gasteiger partial charge in [-0.15, -0.1) is 23.2 Å². The molecule has 0 radical (unpaired) electrons. The van der Waals surface area contributed by atoms with Gasteiger partial charge in [-0.25, -0.2) is 0 Å². The van der Waals surface area contributed by atoms with Crippen molar-refractivity contribution in [2.45, 2.75) is 37.1 Å². The van der Waals surface area contributed by atoms with Crippen LogP contribution < -0.4 is 0 Å². The van der Waals surface area contributed by atoms with Gasteiger partial charge < -0.3 is 14.2 Å². The van der Waals surface area contributed by atoms with Gasteiger partial charge in [0.25, 0.3) is 0 Å². The van der Waals surface area contributed by atoms with Crippen molar-refractivity contribution in [3.8, 4) is 0 Å². The Kier molecular flexibility index (Phi) is 5.51. The van der Waals surface area contributed by atoms with Crippen LogP contribution in [0.2, 0.25) is 0 Å². The van der Waals surface area contributed by atoms with Gasteiger partial charge in [-0.2, -0.15) is 0 Å². The van der Waals surface area contributed by atoms with E-state index in [4.69, 9.17) is 37.4 Å². The third kappa shape index (κ3) is 3.98. The highest BCUT2D eigenvalue weighted by atomic mass is 35.5. The fraction of sp³-hybridized carbons (Fsp3) is 0.909. The number of alkyl halides is 2. The summed E-state index contributed by atoms with van der Waals surface area (Å²) in [4.78, 5) is 11.4. The Hall–Kier alpha value is -0.0300. The van der Waals surface area contributed by atoms with E-state index in [2.05, 4.69) is 0 Å². The third-order valence-electron chi connectivity index (χ3n) is 2.74. The van der Waals surface area contributed by atoms with Gasteiger partial charge in [0, 0.05) is 12.5 Å². The normalized spacial score (nSPS) is 33.7. The van der Waals surface area contributed by atoms with Crippen molar-refractivity contribution in [2.24, 2.45) is 5.41 Å². The average Bonchev–Trinajstić information content (AvgIpc) is 2.25. The highest BCUT2D eigenvalue weighted by Crippen LogP contribution is 2.34. The van der Waals surface area contributed by atoms with Crippen molar-refractivity contribution >= 4 is 29.2 Å². The first kappa shape index (κ1) is 15.0. The summed E-state index contributed by atoms with van der Waals surface area (Å²) < 4.78 is 15.6. The van der Waals surface area contributed by atoms with Crippen LogP contribution in [0.15, 0.2) is 0 Å². The standard InChI is InChI=1S/C11H18Cl2O4/c1-11(2)5-16-10(14)8(13)4-7(12)9(11)17-6-15-3/h7-9H,4-6H2,1-3H3/t7-,8-,9-/m0/s1. The van der Waals surface area contributed by atoms with E-state index < -0.39 is 11.3 Å². The summed E-state index contributed by atoms with van der Waals surface area (Å²) in [5.41, 5.74) is -0.377. The Balaban J connectivity index is 2.78. The summed E-state index contributed by atoms with van der Waals surface area (Å²) in [5.74, 6) is -0.421. The molecule has 1 fully saturated rings. The molecular weight excluding hydrogens is 267 g/mol. The van der Waals surface area contributed by atoms with Crippen LogP contribution >= 0.6 is 23.2 Å². The Labute approximate surface area is 111 Å². The number of rotatable bonds is 3. The zero-order valence-electron chi connectivity index (χ0n) is 10.2. The Bertz CT molecular complexity index is 270. The molecule has 0 aliphatic carbocycles. The highest BCUT2D eigenvalue weighted by molar-refractivity contribution is 6.31. The molecule has 1 saturated heterocycles. The summed E-state index contributed by atoms with van der Waals surface area (Å²) in [5, 5.41) is -1.07. The van der Waals surface area contributed by atoms with Crippen LogP contribution in [0.25, 0.3) is 0 Å². The number of halogens is 2. The summed E-state index contributed by atoms with van der Waals surface area (Å²) in [7, 11) is 1.55. The second kappa shape index (κ2) is 6.23. The van der Waals surface area contributed by atoms with E-state index in [1.807, 2.05) is 13.8 Å². The minimum Gasteiger partial charge on any atom is -0.464 e. The van der Waals surface area contributed by atoms with E-state index in [1.54, 1.807) is 7.11 Å². The van der Waals surface area contributed by atoms with Crippen LogP contribution in [0.1, 0.15) is 20.3 Å². The molecule has 0 aromatic heterocycles. The molecule has 1 rings (SSSR count). The van der Waals surface area contributed by atoms with Gasteiger partial charge in [-0.3, -0.25) is 4.79 Å². The van der Waals surface area contributed by atoms with Crippen LogP contribution in [0.4, 0.5) is 0 Å². The van der Waals surface area contributed by atoms with Gasteiger partial charge >= 0.3 is 5.97 Å². The van der Waals surface area contributed by atoms with Crippen LogP contribution in [0, 0.1) is 5.41 Å². The SMILES string of the molecule is COCO[C@H]1[C@@H](Cl)C[C@H](Cl)C(=O)OCC1(C)C. The van der Waals surface area contributed by atoms with Crippen LogP contribution in [-0.4, -0.2) is 43.3 Å². The van der Waals surface area contributed by atoms with E-state index in [9.17, 15) is 4.79 Å². The van der Waals surface area contributed by atoms with Gasteiger partial charge in [0.15, 0.2) is 0 Å². The molecule has 100 valence electrons. The monoisotopic (exact) mass is 284 g/mol. The quantitative estimate of drug-likeness (QED) is 0.453. The van der Waals surface area contributed by atoms with Crippen molar-refractivity contribution in [3.63, 3.8) is 0 Å². The predicted octanol–water partition coefficient (Wildman–Crippen LogP) is 2.16. The highest BCUT2D eigenvalue weighted by Gasteiger charge is 2.41. The maximum atomic E-state index is 11.4. The van der Waals surface area contributed by atoms with E-state index in [0.717, 1.165) is 0 Å². The molecule has 0 aromatic rings. The molecule has 1 aliphatic rings. The largest absolute Gasteiger partial charge is 0.464 e. The summed E-state index contributed by atoms with van der Waals surface area (Å²) in [6, 6.07) is 0. The molecule has 0 bridgehead atoms. The Morgan fingerprint density at radius 2 is 2.12 bits per heavy atom. The fourth-order valence-electron chi connectivity index (χ4n) is 1.81. The maximum Gasteiger partial charge on any atom is 0.324 e. The lowest BCUT2D eigenvalue weighted by atomic mass is 9.83. The molecule has 0 spiro atoms. The smallest absolute Gasteiger partial charge is 0.324 e. The van der Waals surface area contributed by atoms with Crippen molar-refractivity contribution < 1.29 is 19.0 Å². The van der Waals surface area contributed by atoms with Gasteiger partial charge in [-0.1, -0.05) is 13.8 Å². The lowest BCUT2D eigenvalue weighted by Gasteiger charge is -2.38. The second-order valence-electron chi connectivity index (χ2n) is 4.81. The minimum atomic E-state index is -0.720. The van der Waals surface area contributed by atoms with Crippen molar-refractivity contribution in [2.75, 3.05) is 20.5 Å². The zero-order valence-corrected chi connectivity index (χ0v) is 11.8. The summed E-state index contributed by atoms with van der Waals surface area (Å²) in [6.07, 6.45) is 0.0400. The van der Waals surface area contributed by atoms with Gasteiger partial charge in [0.1, 0.15) is 12.2 Å². The number of ether oxygens (including phenoxy) is 3. The first-order valence-electron chi connectivity index (χ1n) is 5.44. The molecule has 17 heavy (non-hydrogen) atoms. The molecule has 0 aromatic carbocycles. The van der Waals surface area contributed by atoms with Crippen molar-refractivity contribution in [1.82, 2.24) is 0 Å². The maximum absolute atomic E-state index is 11.4. The number of hydrogen-bond acceptors (Lipinski definition) is 4. The zero-order chi connectivity index (χ0) is 13.1. The van der Waals surface area contributed by atoms with E-state index in [-0.39, 0.29) is 30.3 Å². The summed E-state index contributed by atoms with van der Waals surface area (Å²) in [6.45, 7) is 4.25. The number of esters is 1. The molecule has 0 saturated carbocycles.